The highest BCUT2D eigenvalue weighted by atomic mass is 28.1. The summed E-state index contributed by atoms with van der Waals surface area (Å²) in [6.45, 7) is 0. The largest absolute Gasteiger partial charge is 0.361 e. The molecule has 0 atom stereocenters. The quantitative estimate of drug-likeness (QED) is 0.544. The number of nitrogens with one attached hydrogen (secondary N) is 1. The molecule has 1 N–H and O–H groups in total. The van der Waals surface area contributed by atoms with E-state index in [-0.39, 0.29) is 11.0 Å². The van der Waals surface area contributed by atoms with Gasteiger partial charge in [0, 0.05) is 22.7 Å². The zero-order valence-electron chi connectivity index (χ0n) is 5.46. The van der Waals surface area contributed by atoms with Crippen LogP contribution in [0.15, 0.2) is 36.5 Å². The van der Waals surface area contributed by atoms with Crippen molar-refractivity contribution in [3.05, 3.63) is 36.5 Å². The number of hydrogen-bond acceptors (Lipinski definition) is 0. The second kappa shape index (κ2) is 2.71. The fourth-order valence-corrected chi connectivity index (χ4v) is 0.995. The zero-order valence-corrected chi connectivity index (χ0v) is 6.46. The molecule has 0 saturated carbocycles. The molecule has 0 saturated heterocycles. The van der Waals surface area contributed by atoms with Gasteiger partial charge in [0.2, 0.25) is 0 Å². The van der Waals surface area contributed by atoms with Gasteiger partial charge in [0.25, 0.3) is 0 Å². The van der Waals surface area contributed by atoms with Crippen molar-refractivity contribution in [1.82, 2.24) is 4.98 Å². The van der Waals surface area contributed by atoms with Crippen LogP contribution >= 0.6 is 0 Å². The van der Waals surface area contributed by atoms with Crippen LogP contribution in [0.2, 0.25) is 0 Å². The summed E-state index contributed by atoms with van der Waals surface area (Å²) in [5.74, 6) is 0. The Morgan fingerprint density at radius 1 is 1.00 bits per heavy atom. The lowest BCUT2D eigenvalue weighted by molar-refractivity contribution is 1.48. The Morgan fingerprint density at radius 3 is 2.60 bits per heavy atom. The maximum Gasteiger partial charge on any atom is 0.0453 e. The predicted octanol–water partition coefficient (Wildman–Crippen LogP) is 1.79. The van der Waals surface area contributed by atoms with E-state index >= 15 is 0 Å². The van der Waals surface area contributed by atoms with Gasteiger partial charge < -0.3 is 4.98 Å². The number of rotatable bonds is 0. The molecule has 0 unspecified atom stereocenters. The third-order valence-corrected chi connectivity index (χ3v) is 1.46. The molecule has 0 aliphatic rings. The van der Waals surface area contributed by atoms with E-state index in [2.05, 4.69) is 23.2 Å². The van der Waals surface area contributed by atoms with Crippen LogP contribution in [-0.2, 0) is 0 Å². The lowest BCUT2D eigenvalue weighted by Gasteiger charge is -1.83. The topological polar surface area (TPSA) is 15.8 Å². The summed E-state index contributed by atoms with van der Waals surface area (Å²) in [6, 6.07) is 10.3. The van der Waals surface area contributed by atoms with Gasteiger partial charge in [-0.2, -0.15) is 0 Å². The molecule has 0 bridgehead atoms. The first-order valence-electron chi connectivity index (χ1n) is 2.99. The monoisotopic (exact) mass is 145 g/mol. The van der Waals surface area contributed by atoms with E-state index in [4.69, 9.17) is 0 Å². The summed E-state index contributed by atoms with van der Waals surface area (Å²) in [5.41, 5.74) is 1.21. The van der Waals surface area contributed by atoms with Crippen LogP contribution in [-0.4, -0.2) is 15.9 Å². The molecule has 0 fully saturated rings. The van der Waals surface area contributed by atoms with Gasteiger partial charge in [-0.05, 0) is 17.5 Å². The minimum Gasteiger partial charge on any atom is -0.361 e. The highest BCUT2D eigenvalue weighted by Crippen LogP contribution is 2.09. The van der Waals surface area contributed by atoms with Crippen molar-refractivity contribution in [2.45, 2.75) is 0 Å². The van der Waals surface area contributed by atoms with Crippen LogP contribution in [0.25, 0.3) is 10.9 Å². The number of benzene rings is 1. The van der Waals surface area contributed by atoms with Gasteiger partial charge in [0.05, 0.1) is 0 Å². The standard InChI is InChI=1S/C8H7N.Si/c1-2-4-8-7(3-1)5-6-9-8;/h1-6,9H;. The highest BCUT2D eigenvalue weighted by Gasteiger charge is 1.86. The Bertz CT molecular complexity index is 283. The summed E-state index contributed by atoms with van der Waals surface area (Å²) in [6.07, 6.45) is 1.95. The van der Waals surface area contributed by atoms with Gasteiger partial charge in [0.15, 0.2) is 0 Å². The molecule has 0 aliphatic heterocycles. The lowest BCUT2D eigenvalue weighted by atomic mass is 10.3. The van der Waals surface area contributed by atoms with Gasteiger partial charge >= 0.3 is 0 Å². The molecular formula is C8H7NSi. The molecule has 1 heterocycles. The van der Waals surface area contributed by atoms with Gasteiger partial charge in [-0.15, -0.1) is 0 Å². The Kier molecular flexibility index (Phi) is 1.92. The van der Waals surface area contributed by atoms with E-state index in [1.54, 1.807) is 0 Å². The zero-order chi connectivity index (χ0) is 6.10. The van der Waals surface area contributed by atoms with Crippen LogP contribution in [0.4, 0.5) is 0 Å². The van der Waals surface area contributed by atoms with E-state index in [1.807, 2.05) is 18.3 Å². The van der Waals surface area contributed by atoms with Crippen molar-refractivity contribution in [3.63, 3.8) is 0 Å². The number of para-hydroxylation sites is 1. The predicted molar refractivity (Wildman–Crippen MR) is 44.1 cm³/mol. The second-order valence-electron chi connectivity index (χ2n) is 2.06. The average Bonchev–Trinajstić information content (AvgIpc) is 2.33. The molecule has 0 spiro atoms. The summed E-state index contributed by atoms with van der Waals surface area (Å²) in [4.78, 5) is 3.12. The first-order chi connectivity index (χ1) is 4.47. The van der Waals surface area contributed by atoms with Gasteiger partial charge in [-0.1, -0.05) is 18.2 Å². The Labute approximate surface area is 64.1 Å². The van der Waals surface area contributed by atoms with Crippen molar-refractivity contribution < 1.29 is 0 Å². The van der Waals surface area contributed by atoms with Crippen LogP contribution < -0.4 is 0 Å². The first kappa shape index (κ1) is 7.09. The molecule has 2 heteroatoms. The maximum absolute atomic E-state index is 3.12. The Hall–Kier alpha value is -1.02. The molecule has 1 aromatic carbocycles. The van der Waals surface area contributed by atoms with Gasteiger partial charge in [0.1, 0.15) is 0 Å². The second-order valence-corrected chi connectivity index (χ2v) is 2.06. The van der Waals surface area contributed by atoms with Crippen LogP contribution in [0.5, 0.6) is 0 Å². The van der Waals surface area contributed by atoms with Crippen molar-refractivity contribution in [3.8, 4) is 0 Å². The molecule has 0 aliphatic carbocycles. The van der Waals surface area contributed by atoms with E-state index in [0.717, 1.165) is 0 Å². The number of H-pyrrole nitrogens is 1. The Morgan fingerprint density at radius 2 is 1.80 bits per heavy atom. The van der Waals surface area contributed by atoms with Crippen molar-refractivity contribution in [2.24, 2.45) is 0 Å². The SMILES string of the molecule is [Si].c1ccc2[nH]ccc2c1. The third kappa shape index (κ3) is 0.976. The molecular weight excluding hydrogens is 138 g/mol. The molecule has 1 nitrogen and oxygen atoms in total. The van der Waals surface area contributed by atoms with Crippen molar-refractivity contribution >= 4 is 21.9 Å². The summed E-state index contributed by atoms with van der Waals surface area (Å²) in [5, 5.41) is 1.28. The smallest absolute Gasteiger partial charge is 0.0453 e. The van der Waals surface area contributed by atoms with E-state index in [9.17, 15) is 0 Å². The average molecular weight is 145 g/mol. The molecule has 0 amide bonds. The van der Waals surface area contributed by atoms with Gasteiger partial charge in [-0.3, -0.25) is 0 Å². The molecule has 4 radical (unpaired) electrons. The highest BCUT2D eigenvalue weighted by molar-refractivity contribution is 5.78. The number of aromatic amines is 1. The molecule has 1 aromatic heterocycles. The maximum atomic E-state index is 3.12. The molecule has 2 aromatic rings. The summed E-state index contributed by atoms with van der Waals surface area (Å²) >= 11 is 0. The molecule has 2 rings (SSSR count). The minimum absolute atomic E-state index is 0. The minimum atomic E-state index is 0. The summed E-state index contributed by atoms with van der Waals surface area (Å²) < 4.78 is 0. The van der Waals surface area contributed by atoms with Crippen molar-refractivity contribution in [1.29, 1.82) is 0 Å². The van der Waals surface area contributed by atoms with Gasteiger partial charge in [-0.25, -0.2) is 0 Å². The molecule has 48 valence electrons. The first-order valence-corrected chi connectivity index (χ1v) is 2.99. The third-order valence-electron chi connectivity index (χ3n) is 1.46. The summed E-state index contributed by atoms with van der Waals surface area (Å²) in [7, 11) is 0. The van der Waals surface area contributed by atoms with Crippen molar-refractivity contribution in [2.75, 3.05) is 0 Å². The van der Waals surface area contributed by atoms with E-state index in [1.165, 1.54) is 10.9 Å². The Balaban J connectivity index is 0.000000500. The van der Waals surface area contributed by atoms with E-state index in [0.29, 0.717) is 0 Å². The number of aromatic nitrogens is 1. The molecule has 10 heavy (non-hydrogen) atoms. The normalized spacial score (nSPS) is 9.20. The van der Waals surface area contributed by atoms with Crippen LogP contribution in [0.3, 0.4) is 0 Å². The van der Waals surface area contributed by atoms with E-state index < -0.39 is 0 Å². The van der Waals surface area contributed by atoms with Crippen LogP contribution in [0.1, 0.15) is 0 Å². The number of fused-ring (bicyclic) bond motifs is 1. The van der Waals surface area contributed by atoms with Crippen LogP contribution in [0, 0.1) is 0 Å². The lowest BCUT2D eigenvalue weighted by Crippen LogP contribution is -1.61. The fraction of sp³-hybridized carbons (Fsp3) is 0. The fourth-order valence-electron chi connectivity index (χ4n) is 0.995. The number of hydrogen-bond donors (Lipinski definition) is 1.